The molecule has 1 saturated heterocycles. The minimum Gasteiger partial charge on any atom is -0.444 e. The lowest BCUT2D eigenvalue weighted by Crippen LogP contribution is -2.57. The predicted molar refractivity (Wildman–Crippen MR) is 119 cm³/mol. The Kier molecular flexibility index (Phi) is 5.98. The summed E-state index contributed by atoms with van der Waals surface area (Å²) < 4.78 is 5.68. The lowest BCUT2D eigenvalue weighted by Gasteiger charge is -2.44. The first-order valence-electron chi connectivity index (χ1n) is 10.9. The van der Waals surface area contributed by atoms with Gasteiger partial charge < -0.3 is 9.64 Å². The lowest BCUT2D eigenvalue weighted by atomic mass is 9.94. The van der Waals surface area contributed by atoms with Gasteiger partial charge in [0.25, 0.3) is 0 Å². The monoisotopic (exact) mass is 399 g/mol. The van der Waals surface area contributed by atoms with Crippen LogP contribution in [0.5, 0.6) is 0 Å². The van der Waals surface area contributed by atoms with E-state index >= 15 is 0 Å². The zero-order chi connectivity index (χ0) is 21.4. The third kappa shape index (κ3) is 4.76. The number of amides is 1. The molecule has 1 spiro atoms. The summed E-state index contributed by atoms with van der Waals surface area (Å²) in [4.78, 5) is 21.7. The van der Waals surface area contributed by atoms with Gasteiger partial charge in [0.2, 0.25) is 0 Å². The van der Waals surface area contributed by atoms with Crippen molar-refractivity contribution in [2.45, 2.75) is 78.4 Å². The third-order valence-electron chi connectivity index (χ3n) is 6.19. The molecule has 3 rings (SSSR count). The molecular weight excluding hydrogens is 362 g/mol. The first-order chi connectivity index (χ1) is 13.6. The van der Waals surface area contributed by atoms with Gasteiger partial charge in [0.05, 0.1) is 5.54 Å². The van der Waals surface area contributed by atoms with Gasteiger partial charge in [-0.25, -0.2) is 4.79 Å². The van der Waals surface area contributed by atoms with Crippen LogP contribution in [-0.2, 0) is 4.74 Å². The van der Waals surface area contributed by atoms with Gasteiger partial charge in [0, 0.05) is 42.8 Å². The summed E-state index contributed by atoms with van der Waals surface area (Å²) in [6.45, 7) is 18.4. The van der Waals surface area contributed by atoms with Crippen molar-refractivity contribution in [1.82, 2.24) is 9.80 Å². The summed E-state index contributed by atoms with van der Waals surface area (Å²) in [6.07, 6.45) is 8.32. The summed E-state index contributed by atoms with van der Waals surface area (Å²) in [7, 11) is 0. The number of allylic oxidation sites excluding steroid dienone is 4. The van der Waals surface area contributed by atoms with E-state index in [1.165, 1.54) is 29.7 Å². The molecule has 0 aromatic heterocycles. The van der Waals surface area contributed by atoms with Gasteiger partial charge in [0.1, 0.15) is 5.60 Å². The van der Waals surface area contributed by atoms with Gasteiger partial charge in [0.15, 0.2) is 0 Å². The van der Waals surface area contributed by atoms with Gasteiger partial charge in [-0.3, -0.25) is 9.89 Å². The summed E-state index contributed by atoms with van der Waals surface area (Å²) in [5.74, 6) is 0.651. The van der Waals surface area contributed by atoms with Crippen LogP contribution in [-0.4, -0.2) is 52.4 Å². The maximum atomic E-state index is 12.8. The highest BCUT2D eigenvalue weighted by Gasteiger charge is 2.54. The van der Waals surface area contributed by atoms with Crippen LogP contribution in [0, 0.1) is 5.92 Å². The van der Waals surface area contributed by atoms with Gasteiger partial charge in [-0.1, -0.05) is 12.7 Å². The van der Waals surface area contributed by atoms with Crippen LogP contribution in [0.2, 0.25) is 0 Å². The highest BCUT2D eigenvalue weighted by atomic mass is 16.6. The van der Waals surface area contributed by atoms with Crippen molar-refractivity contribution in [3.05, 3.63) is 35.7 Å². The Bertz CT molecular complexity index is 761. The highest BCUT2D eigenvalue weighted by Crippen LogP contribution is 2.47. The van der Waals surface area contributed by atoms with Gasteiger partial charge in [-0.2, -0.15) is 0 Å². The number of hydrogen-bond donors (Lipinski definition) is 0. The van der Waals surface area contributed by atoms with Gasteiger partial charge in [-0.05, 0) is 78.7 Å². The molecule has 0 N–H and O–H groups in total. The molecule has 29 heavy (non-hydrogen) atoms. The molecule has 2 aliphatic carbocycles. The molecule has 1 heterocycles. The fourth-order valence-corrected chi connectivity index (χ4v) is 4.46. The van der Waals surface area contributed by atoms with Crippen molar-refractivity contribution in [2.75, 3.05) is 19.6 Å². The molecule has 0 aromatic carbocycles. The number of nitrogens with zero attached hydrogens (tertiary/aromatic N) is 3. The Balaban J connectivity index is 1.85. The second-order valence-electron chi connectivity index (χ2n) is 9.65. The molecule has 0 bridgehead atoms. The standard InChI is InChI=1S/C24H37N3O2/c1-8-20(19-10-11-19)21(17(3)25-9-2)18(4)26-14-15-27(24(16-26)12-13-24)22(28)29-23(5,6)7/h8-9,19H,2,10-16H2,1,3-7H3/b20-8-,21-18-,25-17?. The molecule has 0 aromatic rings. The molecule has 3 fully saturated rings. The van der Waals surface area contributed by atoms with Crippen molar-refractivity contribution in [2.24, 2.45) is 10.9 Å². The SMILES string of the molecule is C=CN=C(C)C(/C(=C\C)C1CC1)=C(\C)N1CCN(C(=O)OC(C)(C)C)C2(CC2)C1. The van der Waals surface area contributed by atoms with Crippen molar-refractivity contribution < 1.29 is 9.53 Å². The van der Waals surface area contributed by atoms with E-state index in [0.717, 1.165) is 31.6 Å². The maximum Gasteiger partial charge on any atom is 0.410 e. The fourth-order valence-electron chi connectivity index (χ4n) is 4.46. The molecule has 5 nitrogen and oxygen atoms in total. The molecular formula is C24H37N3O2. The summed E-state index contributed by atoms with van der Waals surface area (Å²) in [5, 5.41) is 0. The minimum atomic E-state index is -0.462. The molecule has 1 aliphatic heterocycles. The van der Waals surface area contributed by atoms with Crippen LogP contribution >= 0.6 is 0 Å². The fraction of sp³-hybridized carbons (Fsp3) is 0.667. The zero-order valence-corrected chi connectivity index (χ0v) is 19.0. The van der Waals surface area contributed by atoms with Crippen LogP contribution in [0.25, 0.3) is 0 Å². The molecule has 5 heteroatoms. The Morgan fingerprint density at radius 3 is 2.34 bits per heavy atom. The smallest absolute Gasteiger partial charge is 0.410 e. The van der Waals surface area contributed by atoms with Crippen molar-refractivity contribution in [3.8, 4) is 0 Å². The molecule has 0 unspecified atom stereocenters. The van der Waals surface area contributed by atoms with Crippen LogP contribution in [0.15, 0.2) is 40.7 Å². The Morgan fingerprint density at radius 2 is 1.86 bits per heavy atom. The van der Waals surface area contributed by atoms with E-state index in [1.807, 2.05) is 25.7 Å². The average Bonchev–Trinajstić information content (AvgIpc) is 3.55. The highest BCUT2D eigenvalue weighted by molar-refractivity contribution is 6.03. The lowest BCUT2D eigenvalue weighted by molar-refractivity contribution is -0.00282. The first kappa shape index (κ1) is 21.7. The zero-order valence-electron chi connectivity index (χ0n) is 19.0. The third-order valence-corrected chi connectivity index (χ3v) is 6.19. The van der Waals surface area contributed by atoms with Crippen LogP contribution in [0.3, 0.4) is 0 Å². The first-order valence-corrected chi connectivity index (χ1v) is 10.9. The molecule has 2 saturated carbocycles. The van der Waals surface area contributed by atoms with Gasteiger partial charge in [-0.15, -0.1) is 0 Å². The molecule has 0 atom stereocenters. The van der Waals surface area contributed by atoms with E-state index in [2.05, 4.69) is 43.3 Å². The Morgan fingerprint density at radius 1 is 1.21 bits per heavy atom. The van der Waals surface area contributed by atoms with Crippen LogP contribution in [0.4, 0.5) is 4.79 Å². The summed E-state index contributed by atoms with van der Waals surface area (Å²) in [5.41, 5.74) is 4.42. The number of carbonyl (C=O) groups is 1. The number of carbonyl (C=O) groups excluding carboxylic acids is 1. The number of hydrogen-bond acceptors (Lipinski definition) is 4. The Hall–Kier alpha value is -2.04. The Labute approximate surface area is 176 Å². The summed E-state index contributed by atoms with van der Waals surface area (Å²) in [6, 6.07) is 0. The van der Waals surface area contributed by atoms with E-state index in [0.29, 0.717) is 12.5 Å². The van der Waals surface area contributed by atoms with E-state index < -0.39 is 5.60 Å². The molecule has 1 amide bonds. The minimum absolute atomic E-state index is 0.0773. The van der Waals surface area contributed by atoms with E-state index in [4.69, 9.17) is 4.74 Å². The average molecular weight is 400 g/mol. The van der Waals surface area contributed by atoms with Crippen LogP contribution in [0.1, 0.15) is 67.2 Å². The van der Waals surface area contributed by atoms with Crippen molar-refractivity contribution >= 4 is 11.8 Å². The van der Waals surface area contributed by atoms with Crippen molar-refractivity contribution in [1.29, 1.82) is 0 Å². The summed E-state index contributed by atoms with van der Waals surface area (Å²) >= 11 is 0. The topological polar surface area (TPSA) is 45.1 Å². The maximum absolute atomic E-state index is 12.8. The van der Waals surface area contributed by atoms with E-state index in [1.54, 1.807) is 6.20 Å². The number of ether oxygens (including phenoxy) is 1. The van der Waals surface area contributed by atoms with Gasteiger partial charge >= 0.3 is 6.09 Å². The number of aliphatic imine (C=N–C) groups is 1. The largest absolute Gasteiger partial charge is 0.444 e. The second kappa shape index (κ2) is 8.00. The predicted octanol–water partition coefficient (Wildman–Crippen LogP) is 5.31. The van der Waals surface area contributed by atoms with E-state index in [9.17, 15) is 4.79 Å². The number of rotatable bonds is 5. The van der Waals surface area contributed by atoms with Crippen molar-refractivity contribution in [3.63, 3.8) is 0 Å². The number of piperazine rings is 1. The molecule has 3 aliphatic rings. The molecule has 0 radical (unpaired) electrons. The van der Waals surface area contributed by atoms with Crippen LogP contribution < -0.4 is 0 Å². The van der Waals surface area contributed by atoms with E-state index in [-0.39, 0.29) is 11.6 Å². The molecule has 160 valence electrons. The second-order valence-corrected chi connectivity index (χ2v) is 9.65. The normalized spacial score (nSPS) is 23.1. The quantitative estimate of drug-likeness (QED) is 0.465.